The molecule has 2 aliphatic rings. The number of amides is 2. The van der Waals surface area contributed by atoms with Crippen molar-refractivity contribution < 1.29 is 18.7 Å². The second-order valence-corrected chi connectivity index (χ2v) is 10.2. The van der Waals surface area contributed by atoms with Crippen LogP contribution in [0.5, 0.6) is 5.75 Å². The van der Waals surface area contributed by atoms with Crippen LogP contribution in [0.1, 0.15) is 27.0 Å². The highest BCUT2D eigenvalue weighted by atomic mass is 19.1. The standard InChI is InChI=1S/C34H30FN3O3/c35-29-11-5-4-10-28(29)24-38-30-12-6-7-13-31(30)41-32(34(38)40)22-25-14-16-27(17-15-25)33(39)37-20-18-36(19-21-37)23-26-8-2-1-3-9-26/h1-17,22H,18-21,23-24H2. The summed E-state index contributed by atoms with van der Waals surface area (Å²) in [6.45, 7) is 3.98. The highest BCUT2D eigenvalue weighted by molar-refractivity contribution is 6.09. The van der Waals surface area contributed by atoms with E-state index < -0.39 is 0 Å². The summed E-state index contributed by atoms with van der Waals surface area (Å²) in [5, 5.41) is 0. The average Bonchev–Trinajstić information content (AvgIpc) is 3.01. The largest absolute Gasteiger partial charge is 0.449 e. The number of piperazine rings is 1. The van der Waals surface area contributed by atoms with Gasteiger partial charge in [0.25, 0.3) is 11.8 Å². The van der Waals surface area contributed by atoms with E-state index in [1.807, 2.05) is 47.4 Å². The lowest BCUT2D eigenvalue weighted by Crippen LogP contribution is -2.48. The van der Waals surface area contributed by atoms with Gasteiger partial charge < -0.3 is 9.64 Å². The maximum absolute atomic E-state index is 14.4. The van der Waals surface area contributed by atoms with E-state index in [1.54, 1.807) is 48.5 Å². The molecule has 6 nitrogen and oxygen atoms in total. The molecule has 0 bridgehead atoms. The number of hydrogen-bond donors (Lipinski definition) is 0. The molecule has 2 heterocycles. The molecule has 0 aromatic heterocycles. The molecule has 2 amide bonds. The normalized spacial score (nSPS) is 16.4. The molecule has 6 rings (SSSR count). The predicted molar refractivity (Wildman–Crippen MR) is 157 cm³/mol. The van der Waals surface area contributed by atoms with Gasteiger partial charge >= 0.3 is 0 Å². The number of nitrogens with zero attached hydrogens (tertiary/aromatic N) is 3. The first-order valence-electron chi connectivity index (χ1n) is 13.7. The third-order valence-electron chi connectivity index (χ3n) is 7.48. The first-order valence-corrected chi connectivity index (χ1v) is 13.7. The van der Waals surface area contributed by atoms with Gasteiger partial charge in [0.15, 0.2) is 11.5 Å². The molecule has 4 aromatic rings. The number of anilines is 1. The van der Waals surface area contributed by atoms with Crippen LogP contribution in [0, 0.1) is 5.82 Å². The number of benzene rings is 4. The summed E-state index contributed by atoms with van der Waals surface area (Å²) in [6, 6.07) is 31.2. The van der Waals surface area contributed by atoms with E-state index >= 15 is 0 Å². The fourth-order valence-corrected chi connectivity index (χ4v) is 5.22. The Hall–Kier alpha value is -4.75. The van der Waals surface area contributed by atoms with Crippen LogP contribution >= 0.6 is 0 Å². The number of rotatable bonds is 6. The quantitative estimate of drug-likeness (QED) is 0.289. The van der Waals surface area contributed by atoms with E-state index in [2.05, 4.69) is 17.0 Å². The van der Waals surface area contributed by atoms with Gasteiger partial charge in [-0.05, 0) is 47.5 Å². The molecule has 1 fully saturated rings. The highest BCUT2D eigenvalue weighted by Crippen LogP contribution is 2.36. The molecular weight excluding hydrogens is 517 g/mol. The van der Waals surface area contributed by atoms with Crippen molar-refractivity contribution in [2.24, 2.45) is 0 Å². The Kier molecular flexibility index (Phi) is 7.60. The maximum Gasteiger partial charge on any atom is 0.294 e. The van der Waals surface area contributed by atoms with Crippen molar-refractivity contribution in [2.45, 2.75) is 13.1 Å². The topological polar surface area (TPSA) is 53.1 Å². The molecule has 41 heavy (non-hydrogen) atoms. The molecule has 7 heteroatoms. The van der Waals surface area contributed by atoms with E-state index in [0.29, 0.717) is 35.7 Å². The third-order valence-corrected chi connectivity index (χ3v) is 7.48. The molecule has 0 spiro atoms. The molecule has 0 atom stereocenters. The van der Waals surface area contributed by atoms with Crippen molar-refractivity contribution in [2.75, 3.05) is 31.1 Å². The van der Waals surface area contributed by atoms with E-state index in [4.69, 9.17) is 4.74 Å². The molecule has 0 saturated carbocycles. The van der Waals surface area contributed by atoms with Gasteiger partial charge in [0.1, 0.15) is 5.82 Å². The van der Waals surface area contributed by atoms with Crippen LogP contribution in [-0.4, -0.2) is 47.8 Å². The van der Waals surface area contributed by atoms with Crippen LogP contribution in [0.4, 0.5) is 10.1 Å². The number of carbonyl (C=O) groups excluding carboxylic acids is 2. The Morgan fingerprint density at radius 1 is 0.780 bits per heavy atom. The highest BCUT2D eigenvalue weighted by Gasteiger charge is 2.31. The summed E-state index contributed by atoms with van der Waals surface area (Å²) < 4.78 is 20.4. The lowest BCUT2D eigenvalue weighted by Gasteiger charge is -2.34. The van der Waals surface area contributed by atoms with Gasteiger partial charge in [0.05, 0.1) is 12.2 Å². The number of para-hydroxylation sites is 2. The molecular formula is C34H30FN3O3. The van der Waals surface area contributed by atoms with Crippen molar-refractivity contribution >= 4 is 23.6 Å². The van der Waals surface area contributed by atoms with Crippen LogP contribution in [0.3, 0.4) is 0 Å². The van der Waals surface area contributed by atoms with Crippen molar-refractivity contribution in [1.82, 2.24) is 9.80 Å². The first-order chi connectivity index (χ1) is 20.0. The number of halogens is 1. The van der Waals surface area contributed by atoms with Crippen molar-refractivity contribution in [3.8, 4) is 5.75 Å². The Bertz CT molecular complexity index is 1580. The molecule has 1 saturated heterocycles. The molecule has 206 valence electrons. The summed E-state index contributed by atoms with van der Waals surface area (Å²) in [6.07, 6.45) is 1.66. The zero-order chi connectivity index (χ0) is 28.2. The Balaban J connectivity index is 1.14. The van der Waals surface area contributed by atoms with Gasteiger partial charge in [0.2, 0.25) is 0 Å². The van der Waals surface area contributed by atoms with E-state index in [9.17, 15) is 14.0 Å². The molecule has 2 aliphatic heterocycles. The fourth-order valence-electron chi connectivity index (χ4n) is 5.22. The lowest BCUT2D eigenvalue weighted by atomic mass is 10.1. The Morgan fingerprint density at radius 3 is 2.22 bits per heavy atom. The van der Waals surface area contributed by atoms with Crippen LogP contribution < -0.4 is 9.64 Å². The van der Waals surface area contributed by atoms with Gasteiger partial charge in [-0.2, -0.15) is 0 Å². The zero-order valence-electron chi connectivity index (χ0n) is 22.6. The average molecular weight is 548 g/mol. The predicted octanol–water partition coefficient (Wildman–Crippen LogP) is 5.75. The summed E-state index contributed by atoms with van der Waals surface area (Å²) in [7, 11) is 0. The second-order valence-electron chi connectivity index (χ2n) is 10.2. The Labute approximate surface area is 238 Å². The smallest absolute Gasteiger partial charge is 0.294 e. The van der Waals surface area contributed by atoms with Crippen LogP contribution in [-0.2, 0) is 17.9 Å². The van der Waals surface area contributed by atoms with Crippen LogP contribution in [0.25, 0.3) is 6.08 Å². The number of hydrogen-bond acceptors (Lipinski definition) is 4. The molecule has 4 aromatic carbocycles. The second kappa shape index (κ2) is 11.8. The van der Waals surface area contributed by atoms with Crippen molar-refractivity contribution in [3.05, 3.63) is 137 Å². The monoisotopic (exact) mass is 547 g/mol. The summed E-state index contributed by atoms with van der Waals surface area (Å²) >= 11 is 0. The number of carbonyl (C=O) groups is 2. The summed E-state index contributed by atoms with van der Waals surface area (Å²) in [5.41, 5.74) is 3.61. The van der Waals surface area contributed by atoms with Gasteiger partial charge in [0, 0.05) is 43.9 Å². The third kappa shape index (κ3) is 5.90. The SMILES string of the molecule is O=C(c1ccc(C=C2Oc3ccccc3N(Cc3ccccc3F)C2=O)cc1)N1CCN(Cc2ccccc2)CC1. The lowest BCUT2D eigenvalue weighted by molar-refractivity contribution is -0.117. The molecule has 0 N–H and O–H groups in total. The van der Waals surface area contributed by atoms with Gasteiger partial charge in [-0.3, -0.25) is 19.4 Å². The minimum Gasteiger partial charge on any atom is -0.449 e. The molecule has 0 aliphatic carbocycles. The van der Waals surface area contributed by atoms with Gasteiger partial charge in [-0.15, -0.1) is 0 Å². The molecule has 0 unspecified atom stereocenters. The van der Waals surface area contributed by atoms with Crippen molar-refractivity contribution in [1.29, 1.82) is 0 Å². The molecule has 0 radical (unpaired) electrons. The summed E-state index contributed by atoms with van der Waals surface area (Å²) in [5.74, 6) is -0.0757. The Morgan fingerprint density at radius 2 is 1.46 bits per heavy atom. The van der Waals surface area contributed by atoms with E-state index in [1.165, 1.54) is 16.5 Å². The minimum absolute atomic E-state index is 0.00135. The van der Waals surface area contributed by atoms with Crippen LogP contribution in [0.2, 0.25) is 0 Å². The van der Waals surface area contributed by atoms with E-state index in [-0.39, 0.29) is 29.9 Å². The number of fused-ring (bicyclic) bond motifs is 1. The zero-order valence-corrected chi connectivity index (χ0v) is 22.6. The first kappa shape index (κ1) is 26.5. The van der Waals surface area contributed by atoms with E-state index in [0.717, 1.165) is 25.2 Å². The number of ether oxygens (including phenoxy) is 1. The van der Waals surface area contributed by atoms with Gasteiger partial charge in [-0.25, -0.2) is 4.39 Å². The van der Waals surface area contributed by atoms with Gasteiger partial charge in [-0.1, -0.05) is 72.8 Å². The minimum atomic E-state index is -0.368. The van der Waals surface area contributed by atoms with Crippen molar-refractivity contribution in [3.63, 3.8) is 0 Å². The summed E-state index contributed by atoms with van der Waals surface area (Å²) in [4.78, 5) is 32.4. The fraction of sp³-hybridized carbons (Fsp3) is 0.176. The van der Waals surface area contributed by atoms with Crippen LogP contribution in [0.15, 0.2) is 109 Å². The maximum atomic E-state index is 14.4.